The Bertz CT molecular complexity index is 448. The Morgan fingerprint density at radius 2 is 1.84 bits per heavy atom. The molecule has 5 nitrogen and oxygen atoms in total. The van der Waals surface area contributed by atoms with Crippen molar-refractivity contribution in [3.8, 4) is 0 Å². The molecule has 0 aliphatic heterocycles. The van der Waals surface area contributed by atoms with Gasteiger partial charge in [0, 0.05) is 11.0 Å². The number of aliphatic carboxylic acids is 1. The molecule has 0 radical (unpaired) electrons. The number of carbonyl (C=O) groups is 2. The molecule has 19 heavy (non-hydrogen) atoms. The van der Waals surface area contributed by atoms with Crippen molar-refractivity contribution in [1.29, 1.82) is 0 Å². The molecule has 0 aromatic heterocycles. The lowest BCUT2D eigenvalue weighted by molar-refractivity contribution is -0.140. The van der Waals surface area contributed by atoms with Crippen LogP contribution in [0.25, 0.3) is 0 Å². The van der Waals surface area contributed by atoms with Gasteiger partial charge in [-0.25, -0.2) is 4.79 Å². The molecule has 3 N–H and O–H groups in total. The Morgan fingerprint density at radius 1 is 1.26 bits per heavy atom. The van der Waals surface area contributed by atoms with Crippen LogP contribution in [-0.4, -0.2) is 23.7 Å². The van der Waals surface area contributed by atoms with Crippen LogP contribution in [0.5, 0.6) is 0 Å². The van der Waals surface area contributed by atoms with Crippen molar-refractivity contribution in [2.24, 2.45) is 5.92 Å². The lowest BCUT2D eigenvalue weighted by Crippen LogP contribution is -2.40. The first-order valence-electron chi connectivity index (χ1n) is 5.92. The van der Waals surface area contributed by atoms with E-state index in [2.05, 4.69) is 26.6 Å². The summed E-state index contributed by atoms with van der Waals surface area (Å²) in [7, 11) is 0. The Kier molecular flexibility index (Phi) is 5.82. The summed E-state index contributed by atoms with van der Waals surface area (Å²) in [5.74, 6) is -1.53. The third kappa shape index (κ3) is 5.30. The normalized spacial score (nSPS) is 13.4. The van der Waals surface area contributed by atoms with E-state index in [4.69, 9.17) is 5.11 Å². The fourth-order valence-electron chi connectivity index (χ4n) is 1.42. The fraction of sp³-hybridized carbons (Fsp3) is 0.385. The molecule has 2 unspecified atom stereocenters. The molecule has 0 heterocycles. The van der Waals surface area contributed by atoms with Crippen molar-refractivity contribution in [2.75, 3.05) is 6.54 Å². The molecule has 0 bridgehead atoms. The van der Waals surface area contributed by atoms with Crippen molar-refractivity contribution in [3.05, 3.63) is 34.3 Å². The Balaban J connectivity index is 2.44. The number of amides is 2. The molecular formula is C13H17BrN2O3. The number of halogens is 1. The topological polar surface area (TPSA) is 78.4 Å². The van der Waals surface area contributed by atoms with Crippen molar-refractivity contribution in [2.45, 2.75) is 19.9 Å². The summed E-state index contributed by atoms with van der Waals surface area (Å²) in [6.45, 7) is 3.51. The first-order valence-corrected chi connectivity index (χ1v) is 6.72. The van der Waals surface area contributed by atoms with Gasteiger partial charge in [-0.1, -0.05) is 35.0 Å². The van der Waals surface area contributed by atoms with Gasteiger partial charge in [0.25, 0.3) is 0 Å². The number of benzene rings is 1. The maximum absolute atomic E-state index is 11.6. The lowest BCUT2D eigenvalue weighted by atomic mass is 10.1. The second-order valence-electron chi connectivity index (χ2n) is 4.37. The highest BCUT2D eigenvalue weighted by Crippen LogP contribution is 2.16. The van der Waals surface area contributed by atoms with E-state index in [0.717, 1.165) is 10.0 Å². The number of carboxylic acid groups (broad SMARTS) is 1. The molecule has 2 amide bonds. The van der Waals surface area contributed by atoms with Gasteiger partial charge in [-0.3, -0.25) is 4.79 Å². The van der Waals surface area contributed by atoms with Gasteiger partial charge in [0.05, 0.1) is 12.0 Å². The maximum Gasteiger partial charge on any atom is 0.315 e. The summed E-state index contributed by atoms with van der Waals surface area (Å²) < 4.78 is 0.975. The van der Waals surface area contributed by atoms with E-state index in [-0.39, 0.29) is 18.6 Å². The molecule has 0 aliphatic carbocycles. The van der Waals surface area contributed by atoms with Crippen LogP contribution in [0.4, 0.5) is 4.79 Å². The van der Waals surface area contributed by atoms with Crippen LogP contribution < -0.4 is 10.6 Å². The van der Waals surface area contributed by atoms with Crippen LogP contribution in [0.1, 0.15) is 25.5 Å². The van der Waals surface area contributed by atoms with Crippen LogP contribution >= 0.6 is 15.9 Å². The van der Waals surface area contributed by atoms with E-state index < -0.39 is 11.9 Å². The lowest BCUT2D eigenvalue weighted by Gasteiger charge is -2.16. The van der Waals surface area contributed by atoms with Crippen LogP contribution in [0.2, 0.25) is 0 Å². The molecule has 0 fully saturated rings. The highest BCUT2D eigenvalue weighted by molar-refractivity contribution is 9.10. The molecule has 0 aliphatic rings. The van der Waals surface area contributed by atoms with Crippen molar-refractivity contribution < 1.29 is 14.7 Å². The van der Waals surface area contributed by atoms with E-state index >= 15 is 0 Å². The quantitative estimate of drug-likeness (QED) is 0.777. The summed E-state index contributed by atoms with van der Waals surface area (Å²) in [6.07, 6.45) is 0. The third-order valence-electron chi connectivity index (χ3n) is 2.71. The second kappa shape index (κ2) is 7.13. The Morgan fingerprint density at radius 3 is 2.37 bits per heavy atom. The predicted molar refractivity (Wildman–Crippen MR) is 75.9 cm³/mol. The predicted octanol–water partition coefficient (Wildman–Crippen LogP) is 2.53. The number of rotatable bonds is 5. The van der Waals surface area contributed by atoms with Gasteiger partial charge in [-0.05, 0) is 24.6 Å². The van der Waals surface area contributed by atoms with Crippen LogP contribution in [0, 0.1) is 5.92 Å². The Hall–Kier alpha value is -1.56. The molecule has 0 spiro atoms. The molecule has 2 atom stereocenters. The second-order valence-corrected chi connectivity index (χ2v) is 5.28. The molecule has 0 saturated carbocycles. The summed E-state index contributed by atoms with van der Waals surface area (Å²) in [4.78, 5) is 22.2. The monoisotopic (exact) mass is 328 g/mol. The highest BCUT2D eigenvalue weighted by Gasteiger charge is 2.13. The number of carbonyl (C=O) groups excluding carboxylic acids is 1. The van der Waals surface area contributed by atoms with Gasteiger partial charge in [0.1, 0.15) is 0 Å². The first kappa shape index (κ1) is 15.5. The molecule has 104 valence electrons. The van der Waals surface area contributed by atoms with E-state index in [0.29, 0.717) is 0 Å². The number of urea groups is 1. The molecule has 1 rings (SSSR count). The van der Waals surface area contributed by atoms with Crippen LogP contribution in [-0.2, 0) is 4.79 Å². The van der Waals surface area contributed by atoms with Gasteiger partial charge in [-0.15, -0.1) is 0 Å². The SMILES string of the molecule is CC(CNC(=O)NC(C)c1ccc(Br)cc1)C(=O)O. The minimum Gasteiger partial charge on any atom is -0.481 e. The minimum absolute atomic E-state index is 0.105. The average molecular weight is 329 g/mol. The van der Waals surface area contributed by atoms with Gasteiger partial charge in [-0.2, -0.15) is 0 Å². The van der Waals surface area contributed by atoms with E-state index in [1.54, 1.807) is 6.92 Å². The summed E-state index contributed by atoms with van der Waals surface area (Å²) in [5, 5.41) is 14.0. The summed E-state index contributed by atoms with van der Waals surface area (Å²) in [5.41, 5.74) is 0.977. The molecule has 1 aromatic rings. The van der Waals surface area contributed by atoms with Gasteiger partial charge < -0.3 is 15.7 Å². The number of hydrogen-bond donors (Lipinski definition) is 3. The molecule has 6 heteroatoms. The summed E-state index contributed by atoms with van der Waals surface area (Å²) in [6, 6.07) is 7.11. The number of carboxylic acids is 1. The zero-order valence-corrected chi connectivity index (χ0v) is 12.4. The van der Waals surface area contributed by atoms with Crippen molar-refractivity contribution in [1.82, 2.24) is 10.6 Å². The zero-order chi connectivity index (χ0) is 14.4. The van der Waals surface area contributed by atoms with Gasteiger partial charge >= 0.3 is 12.0 Å². The Labute approximate surface area is 120 Å². The van der Waals surface area contributed by atoms with Crippen molar-refractivity contribution >= 4 is 27.9 Å². The standard InChI is InChI=1S/C13H17BrN2O3/c1-8(12(17)18)7-15-13(19)16-9(2)10-3-5-11(14)6-4-10/h3-6,8-9H,7H2,1-2H3,(H,17,18)(H2,15,16,19). The summed E-state index contributed by atoms with van der Waals surface area (Å²) >= 11 is 3.34. The highest BCUT2D eigenvalue weighted by atomic mass is 79.9. The van der Waals surface area contributed by atoms with Crippen molar-refractivity contribution in [3.63, 3.8) is 0 Å². The van der Waals surface area contributed by atoms with E-state index in [1.807, 2.05) is 31.2 Å². The van der Waals surface area contributed by atoms with E-state index in [1.165, 1.54) is 0 Å². The number of hydrogen-bond acceptors (Lipinski definition) is 2. The minimum atomic E-state index is -0.929. The average Bonchev–Trinajstić information content (AvgIpc) is 2.36. The fourth-order valence-corrected chi connectivity index (χ4v) is 1.68. The third-order valence-corrected chi connectivity index (χ3v) is 3.24. The zero-order valence-electron chi connectivity index (χ0n) is 10.8. The van der Waals surface area contributed by atoms with E-state index in [9.17, 15) is 9.59 Å². The first-order chi connectivity index (χ1) is 8.90. The molecule has 0 saturated heterocycles. The van der Waals surface area contributed by atoms with Gasteiger partial charge in [0.15, 0.2) is 0 Å². The molecule has 1 aromatic carbocycles. The largest absolute Gasteiger partial charge is 0.481 e. The smallest absolute Gasteiger partial charge is 0.315 e. The maximum atomic E-state index is 11.6. The van der Waals surface area contributed by atoms with Gasteiger partial charge in [0.2, 0.25) is 0 Å². The van der Waals surface area contributed by atoms with Crippen LogP contribution in [0.15, 0.2) is 28.7 Å². The number of nitrogens with one attached hydrogen (secondary N) is 2. The molecular weight excluding hydrogens is 312 g/mol. The van der Waals surface area contributed by atoms with Crippen LogP contribution in [0.3, 0.4) is 0 Å².